The van der Waals surface area contributed by atoms with Gasteiger partial charge in [-0.15, -0.1) is 0 Å². The minimum Gasteiger partial charge on any atom is -0.351 e. The Bertz CT molecular complexity index is 810. The van der Waals surface area contributed by atoms with Gasteiger partial charge >= 0.3 is 0 Å². The summed E-state index contributed by atoms with van der Waals surface area (Å²) in [5, 5.41) is 3.33. The number of hydrogen-bond acceptors (Lipinski definition) is 5. The highest BCUT2D eigenvalue weighted by atomic mass is 35.6. The molecule has 5 nitrogen and oxygen atoms in total. The highest BCUT2D eigenvalue weighted by Gasteiger charge is 2.29. The molecular weight excluding hydrogens is 487 g/mol. The molecule has 28 heavy (non-hydrogen) atoms. The molecule has 152 valence electrons. The fraction of sp³-hybridized carbons (Fsp3) is 0.471. The van der Waals surface area contributed by atoms with Crippen molar-refractivity contribution in [2.45, 2.75) is 26.5 Å². The third-order valence-electron chi connectivity index (χ3n) is 4.41. The second-order valence-electron chi connectivity index (χ2n) is 6.60. The van der Waals surface area contributed by atoms with E-state index in [0.29, 0.717) is 22.9 Å². The molecule has 0 bridgehead atoms. The summed E-state index contributed by atoms with van der Waals surface area (Å²) >= 11 is 35.8. The molecule has 3 rings (SSSR count). The standard InChI is InChI=1S/C17H17Cl6N5/c1-28-8-6-12(7-9-28)24-15-26-13(25-14(27-15)17(21,22)23)10-2-4-11(5-3-10)16(18,19)20/h2-5,12H,6-9H2,1H3,(H,24,25,26,27). The number of benzene rings is 1. The monoisotopic (exact) mass is 501 g/mol. The SMILES string of the molecule is CN1CCC(Nc2nc(-c3ccc(C(Cl)(Cl)Cl)cc3)nc(C(Cl)(Cl)Cl)n2)CC1. The molecule has 0 saturated carbocycles. The Balaban J connectivity index is 1.92. The molecule has 1 fully saturated rings. The van der Waals surface area contributed by atoms with Crippen molar-refractivity contribution in [3.8, 4) is 11.4 Å². The van der Waals surface area contributed by atoms with Crippen LogP contribution in [0.1, 0.15) is 24.2 Å². The topological polar surface area (TPSA) is 53.9 Å². The van der Waals surface area contributed by atoms with Crippen LogP contribution in [0.5, 0.6) is 0 Å². The van der Waals surface area contributed by atoms with E-state index in [1.807, 2.05) is 0 Å². The number of likely N-dealkylation sites (tertiary alicyclic amines) is 1. The van der Waals surface area contributed by atoms with Gasteiger partial charge in [0, 0.05) is 17.2 Å². The largest absolute Gasteiger partial charge is 0.351 e. The predicted octanol–water partition coefficient (Wildman–Crippen LogP) is 5.70. The smallest absolute Gasteiger partial charge is 0.250 e. The van der Waals surface area contributed by atoms with Crippen LogP contribution in [-0.2, 0) is 7.59 Å². The number of aromatic nitrogens is 3. The van der Waals surface area contributed by atoms with Crippen molar-refractivity contribution in [3.05, 3.63) is 35.7 Å². The van der Waals surface area contributed by atoms with E-state index in [2.05, 4.69) is 32.2 Å². The van der Waals surface area contributed by atoms with Crippen LogP contribution in [0.4, 0.5) is 5.95 Å². The zero-order valence-corrected chi connectivity index (χ0v) is 19.3. The molecule has 1 saturated heterocycles. The number of nitrogens with one attached hydrogen (secondary N) is 1. The zero-order valence-electron chi connectivity index (χ0n) is 14.8. The maximum atomic E-state index is 6.03. The fourth-order valence-electron chi connectivity index (χ4n) is 2.84. The minimum absolute atomic E-state index is 0.0448. The Kier molecular flexibility index (Phi) is 7.08. The van der Waals surface area contributed by atoms with Crippen LogP contribution in [0.2, 0.25) is 0 Å². The van der Waals surface area contributed by atoms with Crippen LogP contribution in [-0.4, -0.2) is 46.0 Å². The molecule has 0 unspecified atom stereocenters. The van der Waals surface area contributed by atoms with E-state index in [1.165, 1.54) is 0 Å². The van der Waals surface area contributed by atoms with Crippen molar-refractivity contribution in [2.24, 2.45) is 0 Å². The summed E-state index contributed by atoms with van der Waals surface area (Å²) < 4.78 is -3.29. The van der Waals surface area contributed by atoms with Gasteiger partial charge in [0.2, 0.25) is 13.5 Å². The Morgan fingerprint density at radius 2 is 1.50 bits per heavy atom. The number of hydrogen-bond donors (Lipinski definition) is 1. The molecule has 2 aromatic rings. The first-order valence-electron chi connectivity index (χ1n) is 8.48. The Hall–Kier alpha value is -0.270. The van der Waals surface area contributed by atoms with Gasteiger partial charge in [-0.1, -0.05) is 93.9 Å². The molecule has 0 amide bonds. The first-order valence-corrected chi connectivity index (χ1v) is 10.7. The van der Waals surface area contributed by atoms with E-state index in [1.54, 1.807) is 24.3 Å². The third kappa shape index (κ3) is 5.88. The van der Waals surface area contributed by atoms with Crippen molar-refractivity contribution < 1.29 is 0 Å². The average Bonchev–Trinajstić information content (AvgIpc) is 2.62. The zero-order chi connectivity index (χ0) is 20.5. The lowest BCUT2D eigenvalue weighted by molar-refractivity contribution is 0.263. The summed E-state index contributed by atoms with van der Waals surface area (Å²) in [4.78, 5) is 15.4. The molecule has 0 radical (unpaired) electrons. The second-order valence-corrected chi connectivity index (χ2v) is 11.2. The molecule has 2 heterocycles. The quantitative estimate of drug-likeness (QED) is 0.545. The number of piperidine rings is 1. The highest BCUT2D eigenvalue weighted by Crippen LogP contribution is 2.39. The molecule has 1 aliphatic rings. The van der Waals surface area contributed by atoms with E-state index in [9.17, 15) is 0 Å². The maximum absolute atomic E-state index is 6.03. The lowest BCUT2D eigenvalue weighted by atomic mass is 10.1. The predicted molar refractivity (Wildman–Crippen MR) is 118 cm³/mol. The van der Waals surface area contributed by atoms with E-state index < -0.39 is 7.59 Å². The Morgan fingerprint density at radius 3 is 2.04 bits per heavy atom. The van der Waals surface area contributed by atoms with E-state index in [0.717, 1.165) is 25.9 Å². The molecule has 0 aliphatic carbocycles. The van der Waals surface area contributed by atoms with Crippen LogP contribution >= 0.6 is 69.6 Å². The van der Waals surface area contributed by atoms with Crippen molar-refractivity contribution >= 4 is 75.6 Å². The van der Waals surface area contributed by atoms with Gasteiger partial charge < -0.3 is 10.2 Å². The van der Waals surface area contributed by atoms with Gasteiger partial charge in [0.25, 0.3) is 0 Å². The summed E-state index contributed by atoms with van der Waals surface area (Å²) in [7, 11) is 2.10. The van der Waals surface area contributed by atoms with Crippen LogP contribution in [0.3, 0.4) is 0 Å². The Labute approximate surface area is 193 Å². The van der Waals surface area contributed by atoms with Crippen LogP contribution in [0.25, 0.3) is 11.4 Å². The van der Waals surface area contributed by atoms with Gasteiger partial charge in [0.15, 0.2) is 11.6 Å². The lowest BCUT2D eigenvalue weighted by Crippen LogP contribution is -2.37. The minimum atomic E-state index is -1.78. The maximum Gasteiger partial charge on any atom is 0.250 e. The lowest BCUT2D eigenvalue weighted by Gasteiger charge is -2.29. The summed E-state index contributed by atoms with van der Waals surface area (Å²) in [6.45, 7) is 1.98. The van der Waals surface area contributed by atoms with E-state index in [4.69, 9.17) is 69.6 Å². The number of rotatable bonds is 3. The van der Waals surface area contributed by atoms with Crippen LogP contribution in [0.15, 0.2) is 24.3 Å². The highest BCUT2D eigenvalue weighted by molar-refractivity contribution is 6.67. The normalized spacial score (nSPS) is 17.0. The first kappa shape index (κ1) is 22.4. The van der Waals surface area contributed by atoms with Crippen molar-refractivity contribution in [1.82, 2.24) is 19.9 Å². The van der Waals surface area contributed by atoms with Gasteiger partial charge in [-0.25, -0.2) is 4.98 Å². The number of nitrogens with zero attached hydrogens (tertiary/aromatic N) is 4. The van der Waals surface area contributed by atoms with Gasteiger partial charge in [-0.3, -0.25) is 0 Å². The number of alkyl halides is 6. The van der Waals surface area contributed by atoms with Gasteiger partial charge in [-0.2, -0.15) is 9.97 Å². The Morgan fingerprint density at radius 1 is 0.893 bits per heavy atom. The van der Waals surface area contributed by atoms with Crippen LogP contribution < -0.4 is 5.32 Å². The molecule has 1 N–H and O–H groups in total. The molecular formula is C17H17Cl6N5. The summed E-state index contributed by atoms with van der Waals surface area (Å²) in [6, 6.07) is 7.10. The van der Waals surface area contributed by atoms with Gasteiger partial charge in [-0.05, 0) is 33.0 Å². The number of halogens is 6. The van der Waals surface area contributed by atoms with Crippen LogP contribution in [0, 0.1) is 0 Å². The van der Waals surface area contributed by atoms with E-state index in [-0.39, 0.29) is 11.9 Å². The third-order valence-corrected chi connectivity index (χ3v) is 5.57. The molecule has 0 atom stereocenters. The van der Waals surface area contributed by atoms with Gasteiger partial charge in [0.1, 0.15) is 0 Å². The average molecular weight is 504 g/mol. The molecule has 1 aliphatic heterocycles. The number of anilines is 1. The summed E-state index contributed by atoms with van der Waals surface area (Å²) in [5.41, 5.74) is 1.21. The summed E-state index contributed by atoms with van der Waals surface area (Å²) in [5.74, 6) is 0.775. The van der Waals surface area contributed by atoms with Crippen molar-refractivity contribution in [2.75, 3.05) is 25.5 Å². The molecule has 0 spiro atoms. The van der Waals surface area contributed by atoms with Crippen molar-refractivity contribution in [3.63, 3.8) is 0 Å². The molecule has 1 aromatic carbocycles. The van der Waals surface area contributed by atoms with Gasteiger partial charge in [0.05, 0.1) is 0 Å². The molecule has 11 heteroatoms. The fourth-order valence-corrected chi connectivity index (χ4v) is 3.47. The van der Waals surface area contributed by atoms with E-state index >= 15 is 0 Å². The second kappa shape index (κ2) is 8.84. The summed E-state index contributed by atoms with van der Waals surface area (Å²) in [6.07, 6.45) is 1.94. The molecule has 1 aromatic heterocycles. The van der Waals surface area contributed by atoms with Crippen molar-refractivity contribution in [1.29, 1.82) is 0 Å². The first-order chi connectivity index (χ1) is 13.0.